The smallest absolute Gasteiger partial charge is 0.146 e. The molecule has 0 aromatic rings. The van der Waals surface area contributed by atoms with Crippen LogP contribution < -0.4 is 0 Å². The highest BCUT2D eigenvalue weighted by molar-refractivity contribution is 5.99. The number of ketones is 1. The minimum absolute atomic E-state index is 0.0319. The molecule has 4 rings (SSSR count). The molecule has 0 saturated heterocycles. The fraction of sp³-hybridized carbons (Fsp3) is 0.800. The Hall–Kier alpha value is -1.25. The molecule has 0 radical (unpaired) electrons. The quantitative estimate of drug-likeness (QED) is 0.376. The van der Waals surface area contributed by atoms with Crippen molar-refractivity contribution in [3.05, 3.63) is 11.1 Å². The van der Waals surface area contributed by atoms with E-state index in [9.17, 15) is 14.4 Å². The normalized spacial score (nSPS) is 49.1. The lowest BCUT2D eigenvalue weighted by Crippen LogP contribution is -2.55. The van der Waals surface area contributed by atoms with Crippen LogP contribution in [0.4, 0.5) is 0 Å². The summed E-state index contributed by atoms with van der Waals surface area (Å²) in [6.45, 7) is 11.2. The van der Waals surface area contributed by atoms with Crippen LogP contribution in [0.5, 0.6) is 0 Å². The van der Waals surface area contributed by atoms with E-state index in [1.807, 2.05) is 6.92 Å². The predicted octanol–water partition coefficient (Wildman–Crippen LogP) is 5.32. The lowest BCUT2D eigenvalue weighted by Gasteiger charge is -2.60. The maximum Gasteiger partial charge on any atom is 0.146 e. The van der Waals surface area contributed by atoms with Gasteiger partial charge < -0.3 is 9.59 Å². The van der Waals surface area contributed by atoms with Crippen LogP contribution in [-0.4, -0.2) is 18.4 Å². The van der Waals surface area contributed by atoms with Crippen molar-refractivity contribution in [1.82, 2.24) is 0 Å². The van der Waals surface area contributed by atoms with Crippen LogP contribution in [0.2, 0.25) is 0 Å². The fourth-order valence-electron chi connectivity index (χ4n) is 8.37. The molecule has 154 valence electrons. The minimum Gasteiger partial charge on any atom is -0.303 e. The molecule has 0 unspecified atom stereocenters. The average Bonchev–Trinajstić information content (AvgIpc) is 2.96. The summed E-state index contributed by atoms with van der Waals surface area (Å²) in [7, 11) is 0. The highest BCUT2D eigenvalue weighted by atomic mass is 16.1. The molecule has 0 heterocycles. The summed E-state index contributed by atoms with van der Waals surface area (Å²) < 4.78 is 0. The van der Waals surface area contributed by atoms with Crippen molar-refractivity contribution in [2.45, 2.75) is 86.0 Å². The van der Waals surface area contributed by atoms with Crippen molar-refractivity contribution in [2.75, 3.05) is 0 Å². The van der Waals surface area contributed by atoms with Crippen LogP contribution in [0.25, 0.3) is 0 Å². The Morgan fingerprint density at radius 3 is 2.29 bits per heavy atom. The van der Waals surface area contributed by atoms with Gasteiger partial charge in [-0.2, -0.15) is 0 Å². The van der Waals surface area contributed by atoms with E-state index in [1.54, 1.807) is 11.1 Å². The molecule has 0 aromatic heterocycles. The number of fused-ring (bicyclic) bond motifs is 4. The van der Waals surface area contributed by atoms with E-state index < -0.39 is 5.41 Å². The van der Waals surface area contributed by atoms with Crippen LogP contribution in [0.1, 0.15) is 86.0 Å². The SMILES string of the molecule is C[C@H](C=O)[C@H]1CC[C@@]2(C)C3=C(CC[C@]12C)[C@@]1(C)CCC(=O)[C@](C)(C=O)[C@@H]1CC3. The monoisotopic (exact) mass is 384 g/mol. The molecule has 0 spiro atoms. The van der Waals surface area contributed by atoms with Gasteiger partial charge >= 0.3 is 0 Å². The van der Waals surface area contributed by atoms with Crippen LogP contribution in [0.15, 0.2) is 11.1 Å². The standard InChI is InChI=1S/C25H36O3/c1-16(14-26)17-8-12-25(5)19-6-7-20-22(2,18(19)9-13-24(17,25)4)11-10-21(28)23(20,3)15-27/h14-17,20H,6-13H2,1-5H3/t16-,17-,20-,22-,23-,24-,25+/m1/s1. The lowest BCUT2D eigenvalue weighted by atomic mass is 9.43. The number of allylic oxidation sites excluding steroid dienone is 2. The molecule has 0 aromatic carbocycles. The molecular weight excluding hydrogens is 348 g/mol. The van der Waals surface area contributed by atoms with Crippen molar-refractivity contribution < 1.29 is 14.4 Å². The first-order valence-electron chi connectivity index (χ1n) is 11.3. The van der Waals surface area contributed by atoms with E-state index in [4.69, 9.17) is 0 Å². The molecule has 2 saturated carbocycles. The number of rotatable bonds is 3. The molecular formula is C25H36O3. The number of carbonyl (C=O) groups excluding carboxylic acids is 3. The first kappa shape index (κ1) is 20.0. The molecule has 0 N–H and O–H groups in total. The molecule has 7 atom stereocenters. The third kappa shape index (κ3) is 2.20. The van der Waals surface area contributed by atoms with Crippen molar-refractivity contribution in [3.8, 4) is 0 Å². The van der Waals surface area contributed by atoms with Crippen molar-refractivity contribution in [3.63, 3.8) is 0 Å². The largest absolute Gasteiger partial charge is 0.303 e. The number of aldehydes is 2. The van der Waals surface area contributed by atoms with Crippen molar-refractivity contribution >= 4 is 18.4 Å². The second kappa shape index (κ2) is 6.12. The van der Waals surface area contributed by atoms with Gasteiger partial charge in [-0.25, -0.2) is 0 Å². The maximum atomic E-state index is 12.7. The number of carbonyl (C=O) groups is 3. The van der Waals surface area contributed by atoms with Gasteiger partial charge in [0.25, 0.3) is 0 Å². The van der Waals surface area contributed by atoms with Crippen LogP contribution in [-0.2, 0) is 14.4 Å². The molecule has 0 aliphatic heterocycles. The van der Waals surface area contributed by atoms with Crippen LogP contribution in [0.3, 0.4) is 0 Å². The molecule has 4 aliphatic rings. The van der Waals surface area contributed by atoms with E-state index in [0.717, 1.165) is 57.5 Å². The lowest BCUT2D eigenvalue weighted by molar-refractivity contribution is -0.146. The molecule has 0 bridgehead atoms. The molecule has 3 nitrogen and oxygen atoms in total. The summed E-state index contributed by atoms with van der Waals surface area (Å²) in [5, 5.41) is 0. The zero-order chi connectivity index (χ0) is 20.5. The van der Waals surface area contributed by atoms with Crippen LogP contribution >= 0.6 is 0 Å². The van der Waals surface area contributed by atoms with Gasteiger partial charge in [0.1, 0.15) is 18.4 Å². The van der Waals surface area contributed by atoms with Gasteiger partial charge in [0, 0.05) is 12.3 Å². The average molecular weight is 385 g/mol. The Bertz CT molecular complexity index is 766. The van der Waals surface area contributed by atoms with Crippen LogP contribution in [0, 0.1) is 39.4 Å². The Morgan fingerprint density at radius 2 is 1.64 bits per heavy atom. The predicted molar refractivity (Wildman–Crippen MR) is 110 cm³/mol. The van der Waals surface area contributed by atoms with E-state index in [1.165, 1.54) is 0 Å². The van der Waals surface area contributed by atoms with Gasteiger partial charge in [0.05, 0.1) is 5.41 Å². The zero-order valence-corrected chi connectivity index (χ0v) is 18.3. The number of Topliss-reactive ketones (excluding diaryl/α,β-unsaturated/α-hetero) is 1. The molecule has 2 fully saturated rings. The second-order valence-corrected chi connectivity index (χ2v) is 11.2. The van der Waals surface area contributed by atoms with E-state index in [-0.39, 0.29) is 33.9 Å². The zero-order valence-electron chi connectivity index (χ0n) is 18.3. The second-order valence-electron chi connectivity index (χ2n) is 11.2. The summed E-state index contributed by atoms with van der Waals surface area (Å²) in [4.78, 5) is 36.3. The summed E-state index contributed by atoms with van der Waals surface area (Å²) in [5.41, 5.74) is 2.67. The van der Waals surface area contributed by atoms with Gasteiger partial charge in [0.15, 0.2) is 0 Å². The number of hydrogen-bond acceptors (Lipinski definition) is 3. The maximum absolute atomic E-state index is 12.7. The number of hydrogen-bond donors (Lipinski definition) is 0. The van der Waals surface area contributed by atoms with E-state index >= 15 is 0 Å². The summed E-state index contributed by atoms with van der Waals surface area (Å²) >= 11 is 0. The summed E-state index contributed by atoms with van der Waals surface area (Å²) in [5.74, 6) is 0.854. The van der Waals surface area contributed by atoms with Crippen molar-refractivity contribution in [2.24, 2.45) is 39.4 Å². The summed E-state index contributed by atoms with van der Waals surface area (Å²) in [6.07, 6.45) is 9.97. The van der Waals surface area contributed by atoms with Gasteiger partial charge in [-0.1, -0.05) is 38.8 Å². The van der Waals surface area contributed by atoms with Gasteiger partial charge in [-0.3, -0.25) is 4.79 Å². The summed E-state index contributed by atoms with van der Waals surface area (Å²) in [6, 6.07) is 0. The van der Waals surface area contributed by atoms with Gasteiger partial charge in [-0.15, -0.1) is 0 Å². The third-order valence-electron chi connectivity index (χ3n) is 10.4. The Kier molecular flexibility index (Phi) is 4.38. The molecule has 3 heteroatoms. The topological polar surface area (TPSA) is 51.2 Å². The molecule has 0 amide bonds. The Morgan fingerprint density at radius 1 is 0.929 bits per heavy atom. The van der Waals surface area contributed by atoms with Gasteiger partial charge in [0.2, 0.25) is 0 Å². The Balaban J connectivity index is 1.81. The fourth-order valence-corrected chi connectivity index (χ4v) is 8.37. The molecule has 28 heavy (non-hydrogen) atoms. The van der Waals surface area contributed by atoms with Crippen molar-refractivity contribution in [1.29, 1.82) is 0 Å². The first-order valence-corrected chi connectivity index (χ1v) is 11.3. The highest BCUT2D eigenvalue weighted by Crippen LogP contribution is 2.71. The third-order valence-corrected chi connectivity index (χ3v) is 10.4. The van der Waals surface area contributed by atoms with E-state index in [2.05, 4.69) is 27.7 Å². The first-order chi connectivity index (χ1) is 13.1. The molecule has 4 aliphatic carbocycles. The van der Waals surface area contributed by atoms with E-state index in [0.29, 0.717) is 12.3 Å². The minimum atomic E-state index is -0.822. The van der Waals surface area contributed by atoms with Gasteiger partial charge in [-0.05, 0) is 80.0 Å². The highest BCUT2D eigenvalue weighted by Gasteiger charge is 2.64. The Labute approximate surface area is 169 Å².